The van der Waals surface area contributed by atoms with E-state index >= 15 is 0 Å². The molecule has 0 spiro atoms. The highest BCUT2D eigenvalue weighted by Gasteiger charge is 2.00. The second-order valence-electron chi connectivity index (χ2n) is 3.90. The van der Waals surface area contributed by atoms with Crippen molar-refractivity contribution in [2.24, 2.45) is 5.92 Å². The maximum absolute atomic E-state index is 5.17. The van der Waals surface area contributed by atoms with E-state index in [-0.39, 0.29) is 0 Å². The van der Waals surface area contributed by atoms with Crippen molar-refractivity contribution in [1.29, 1.82) is 0 Å². The molecule has 0 aliphatic carbocycles. The zero-order valence-corrected chi connectivity index (χ0v) is 9.40. The Labute approximate surface area is 91.1 Å². The Bertz CT molecular complexity index is 322. The van der Waals surface area contributed by atoms with Crippen molar-refractivity contribution < 1.29 is 0 Å². The summed E-state index contributed by atoms with van der Waals surface area (Å²) in [5, 5.41) is 7.58. The quantitative estimate of drug-likeness (QED) is 0.707. The van der Waals surface area contributed by atoms with Crippen LogP contribution in [0.5, 0.6) is 0 Å². The molecular weight excluding hydrogens is 188 g/mol. The number of aryl methyl sites for hydroxylation is 1. The number of nitrogens with one attached hydrogen (secondary N) is 1. The van der Waals surface area contributed by atoms with Gasteiger partial charge in [-0.1, -0.05) is 13.8 Å². The maximum Gasteiger partial charge on any atom is 0.164 e. The molecule has 0 radical (unpaired) electrons. The molecule has 0 atom stereocenters. The Kier molecular flexibility index (Phi) is 4.85. The summed E-state index contributed by atoms with van der Waals surface area (Å²) in [4.78, 5) is 4.19. The van der Waals surface area contributed by atoms with E-state index in [1.165, 1.54) is 0 Å². The fourth-order valence-corrected chi connectivity index (χ4v) is 1.17. The normalized spacial score (nSPS) is 10.5. The molecule has 0 aliphatic rings. The maximum atomic E-state index is 5.17. The van der Waals surface area contributed by atoms with Crippen molar-refractivity contribution in [2.45, 2.75) is 33.4 Å². The Morgan fingerprint density at radius 3 is 3.07 bits per heavy atom. The highest BCUT2D eigenvalue weighted by Crippen LogP contribution is 1.93. The first kappa shape index (κ1) is 11.7. The van der Waals surface area contributed by atoms with Crippen LogP contribution in [0.2, 0.25) is 0 Å². The first-order valence-electron chi connectivity index (χ1n) is 5.25. The lowest BCUT2D eigenvalue weighted by Crippen LogP contribution is -2.19. The highest BCUT2D eigenvalue weighted by molar-refractivity contribution is 4.85. The molecule has 82 valence electrons. The van der Waals surface area contributed by atoms with Gasteiger partial charge in [0.25, 0.3) is 0 Å². The number of nitrogens with zero attached hydrogens (tertiary/aromatic N) is 3. The molecule has 0 amide bonds. The SMILES string of the molecule is C#CCCn1cnc(CNCC(C)C)n1. The van der Waals surface area contributed by atoms with Gasteiger partial charge in [-0.25, -0.2) is 4.98 Å². The average molecular weight is 206 g/mol. The fourth-order valence-electron chi connectivity index (χ4n) is 1.17. The van der Waals surface area contributed by atoms with Crippen LogP contribution in [-0.2, 0) is 13.1 Å². The standard InChI is InChI=1S/C11H18N4/c1-4-5-6-15-9-13-11(14-15)8-12-7-10(2)3/h1,9-10,12H,5-8H2,2-3H3. The van der Waals surface area contributed by atoms with Crippen molar-refractivity contribution in [1.82, 2.24) is 20.1 Å². The molecule has 15 heavy (non-hydrogen) atoms. The second kappa shape index (κ2) is 6.20. The minimum atomic E-state index is 0.647. The van der Waals surface area contributed by atoms with Gasteiger partial charge >= 0.3 is 0 Å². The first-order valence-corrected chi connectivity index (χ1v) is 5.25. The summed E-state index contributed by atoms with van der Waals surface area (Å²) in [6, 6.07) is 0. The molecule has 0 saturated heterocycles. The van der Waals surface area contributed by atoms with E-state index in [9.17, 15) is 0 Å². The molecule has 4 nitrogen and oxygen atoms in total. The predicted molar refractivity (Wildman–Crippen MR) is 60.0 cm³/mol. The van der Waals surface area contributed by atoms with Crippen LogP contribution >= 0.6 is 0 Å². The van der Waals surface area contributed by atoms with Gasteiger partial charge in [-0.15, -0.1) is 12.3 Å². The predicted octanol–water partition coefficient (Wildman–Crippen LogP) is 1.05. The van der Waals surface area contributed by atoms with Crippen molar-refractivity contribution >= 4 is 0 Å². The molecule has 0 saturated carbocycles. The van der Waals surface area contributed by atoms with Crippen LogP contribution in [0.25, 0.3) is 0 Å². The third-order valence-corrected chi connectivity index (χ3v) is 1.90. The molecule has 1 rings (SSSR count). The number of rotatable bonds is 6. The number of aromatic nitrogens is 3. The average Bonchev–Trinajstić information content (AvgIpc) is 2.62. The monoisotopic (exact) mass is 206 g/mol. The van der Waals surface area contributed by atoms with E-state index in [4.69, 9.17) is 6.42 Å². The molecule has 0 fully saturated rings. The van der Waals surface area contributed by atoms with E-state index < -0.39 is 0 Å². The van der Waals surface area contributed by atoms with Crippen LogP contribution in [-0.4, -0.2) is 21.3 Å². The van der Waals surface area contributed by atoms with Crippen LogP contribution in [0.3, 0.4) is 0 Å². The molecule has 1 N–H and O–H groups in total. The Morgan fingerprint density at radius 1 is 1.60 bits per heavy atom. The van der Waals surface area contributed by atoms with Gasteiger partial charge in [0, 0.05) is 6.42 Å². The van der Waals surface area contributed by atoms with E-state index in [0.717, 1.165) is 25.5 Å². The molecule has 1 aromatic heterocycles. The number of terminal acetylenes is 1. The lowest BCUT2D eigenvalue weighted by atomic mass is 10.2. The van der Waals surface area contributed by atoms with Crippen LogP contribution in [0.1, 0.15) is 26.1 Å². The van der Waals surface area contributed by atoms with E-state index in [1.54, 1.807) is 11.0 Å². The van der Waals surface area contributed by atoms with Gasteiger partial charge in [-0.05, 0) is 12.5 Å². The smallest absolute Gasteiger partial charge is 0.164 e. The first-order chi connectivity index (χ1) is 7.22. The molecular formula is C11H18N4. The van der Waals surface area contributed by atoms with Crippen molar-refractivity contribution in [3.05, 3.63) is 12.2 Å². The van der Waals surface area contributed by atoms with Gasteiger partial charge in [0.1, 0.15) is 6.33 Å². The summed E-state index contributed by atoms with van der Waals surface area (Å²) in [6.45, 7) is 6.80. The van der Waals surface area contributed by atoms with E-state index in [0.29, 0.717) is 12.3 Å². The third-order valence-electron chi connectivity index (χ3n) is 1.90. The Morgan fingerprint density at radius 2 is 2.40 bits per heavy atom. The van der Waals surface area contributed by atoms with Crippen LogP contribution in [0.4, 0.5) is 0 Å². The van der Waals surface area contributed by atoms with Crippen LogP contribution in [0.15, 0.2) is 6.33 Å². The minimum absolute atomic E-state index is 0.647. The van der Waals surface area contributed by atoms with E-state index in [1.807, 2.05) is 0 Å². The lowest BCUT2D eigenvalue weighted by molar-refractivity contribution is 0.537. The van der Waals surface area contributed by atoms with Gasteiger partial charge in [0.05, 0.1) is 13.1 Å². The molecule has 0 aromatic carbocycles. The highest BCUT2D eigenvalue weighted by atomic mass is 15.3. The minimum Gasteiger partial charge on any atom is -0.310 e. The molecule has 1 aromatic rings. The summed E-state index contributed by atoms with van der Waals surface area (Å²) in [7, 11) is 0. The van der Waals surface area contributed by atoms with Gasteiger partial charge in [0.2, 0.25) is 0 Å². The third kappa shape index (κ3) is 4.61. The lowest BCUT2D eigenvalue weighted by Gasteiger charge is -2.04. The Hall–Kier alpha value is -1.34. The largest absolute Gasteiger partial charge is 0.310 e. The molecule has 0 bridgehead atoms. The summed E-state index contributed by atoms with van der Waals surface area (Å²) >= 11 is 0. The molecule has 0 aliphatic heterocycles. The van der Waals surface area contributed by atoms with Crippen LogP contribution < -0.4 is 5.32 Å². The van der Waals surface area contributed by atoms with Gasteiger partial charge in [-0.3, -0.25) is 4.68 Å². The summed E-state index contributed by atoms with van der Waals surface area (Å²) in [5.41, 5.74) is 0. The summed E-state index contributed by atoms with van der Waals surface area (Å²) in [6.07, 6.45) is 7.60. The molecule has 4 heteroatoms. The summed E-state index contributed by atoms with van der Waals surface area (Å²) in [5.74, 6) is 4.05. The zero-order valence-electron chi connectivity index (χ0n) is 9.40. The fraction of sp³-hybridized carbons (Fsp3) is 0.636. The molecule has 1 heterocycles. The van der Waals surface area contributed by atoms with Gasteiger partial charge in [-0.2, -0.15) is 5.10 Å². The van der Waals surface area contributed by atoms with Crippen molar-refractivity contribution in [3.8, 4) is 12.3 Å². The number of hydrogen-bond acceptors (Lipinski definition) is 3. The molecule has 0 unspecified atom stereocenters. The van der Waals surface area contributed by atoms with Gasteiger partial charge in [0.15, 0.2) is 5.82 Å². The summed E-state index contributed by atoms with van der Waals surface area (Å²) < 4.78 is 1.78. The van der Waals surface area contributed by atoms with Gasteiger partial charge < -0.3 is 5.32 Å². The second-order valence-corrected chi connectivity index (χ2v) is 3.90. The van der Waals surface area contributed by atoms with Crippen molar-refractivity contribution in [3.63, 3.8) is 0 Å². The van der Waals surface area contributed by atoms with E-state index in [2.05, 4.69) is 35.2 Å². The van der Waals surface area contributed by atoms with Crippen LogP contribution in [0, 0.1) is 18.3 Å². The Balaban J connectivity index is 2.30. The zero-order chi connectivity index (χ0) is 11.1. The number of hydrogen-bond donors (Lipinski definition) is 1. The topological polar surface area (TPSA) is 42.7 Å². The van der Waals surface area contributed by atoms with Crippen molar-refractivity contribution in [2.75, 3.05) is 6.54 Å².